The van der Waals surface area contributed by atoms with E-state index in [1.54, 1.807) is 36.5 Å². The molecule has 0 aliphatic carbocycles. The van der Waals surface area contributed by atoms with Crippen LogP contribution in [-0.2, 0) is 16.6 Å². The van der Waals surface area contributed by atoms with Gasteiger partial charge in [-0.15, -0.1) is 6.42 Å². The first-order valence-electron chi connectivity index (χ1n) is 11.5. The fourth-order valence-corrected chi connectivity index (χ4v) is 5.38. The molecule has 3 heterocycles. The van der Waals surface area contributed by atoms with Crippen LogP contribution in [0.25, 0.3) is 0 Å². The molecule has 1 aromatic carbocycles. The van der Waals surface area contributed by atoms with Crippen LogP contribution in [0.1, 0.15) is 48.7 Å². The van der Waals surface area contributed by atoms with Gasteiger partial charge in [-0.25, -0.2) is 9.71 Å². The Morgan fingerprint density at radius 1 is 1.19 bits per heavy atom. The van der Waals surface area contributed by atoms with Gasteiger partial charge in [0.15, 0.2) is 5.03 Å². The molecule has 1 saturated heterocycles. The van der Waals surface area contributed by atoms with E-state index in [-0.39, 0.29) is 28.6 Å². The molecule has 36 heavy (non-hydrogen) atoms. The maximum absolute atomic E-state index is 13.1. The molecule has 1 fully saturated rings. The fourth-order valence-electron chi connectivity index (χ4n) is 4.46. The molecular formula is C27H28N4O4S. The number of terminal acetylenes is 1. The average molecular weight is 505 g/mol. The molecule has 0 saturated carbocycles. The topological polar surface area (TPSA) is 101 Å². The van der Waals surface area contributed by atoms with Crippen molar-refractivity contribution < 1.29 is 17.9 Å². The Morgan fingerprint density at radius 3 is 2.61 bits per heavy atom. The van der Waals surface area contributed by atoms with Crippen molar-refractivity contribution in [3.63, 3.8) is 0 Å². The van der Waals surface area contributed by atoms with E-state index in [9.17, 15) is 13.2 Å². The van der Waals surface area contributed by atoms with Gasteiger partial charge in [0.2, 0.25) is 5.88 Å². The van der Waals surface area contributed by atoms with Crippen molar-refractivity contribution in [3.05, 3.63) is 77.5 Å². The van der Waals surface area contributed by atoms with Crippen LogP contribution in [0.2, 0.25) is 0 Å². The highest BCUT2D eigenvalue weighted by Crippen LogP contribution is 2.37. The number of rotatable bonds is 7. The zero-order valence-corrected chi connectivity index (χ0v) is 21.2. The van der Waals surface area contributed by atoms with Crippen LogP contribution in [0.3, 0.4) is 0 Å². The van der Waals surface area contributed by atoms with Gasteiger partial charge in [0.1, 0.15) is 12.4 Å². The van der Waals surface area contributed by atoms with Crippen LogP contribution in [0.5, 0.6) is 5.88 Å². The molecule has 1 N–H and O–H groups in total. The molecule has 0 bridgehead atoms. The van der Waals surface area contributed by atoms with Gasteiger partial charge in [-0.3, -0.25) is 4.79 Å². The summed E-state index contributed by atoms with van der Waals surface area (Å²) in [6, 6.07) is 14.8. The number of hydrogen-bond donors (Lipinski definition) is 1. The van der Waals surface area contributed by atoms with E-state index in [1.807, 2.05) is 12.1 Å². The third-order valence-corrected chi connectivity index (χ3v) is 7.30. The normalized spacial score (nSPS) is 16.8. The lowest BCUT2D eigenvalue weighted by Crippen LogP contribution is -2.41. The van der Waals surface area contributed by atoms with E-state index in [0.29, 0.717) is 11.7 Å². The van der Waals surface area contributed by atoms with Crippen LogP contribution in [0.15, 0.2) is 65.8 Å². The summed E-state index contributed by atoms with van der Waals surface area (Å²) in [4.78, 5) is 23.7. The van der Waals surface area contributed by atoms with Gasteiger partial charge in [0, 0.05) is 29.9 Å². The van der Waals surface area contributed by atoms with Crippen molar-refractivity contribution in [1.29, 1.82) is 0 Å². The van der Waals surface area contributed by atoms with E-state index in [0.717, 1.165) is 24.1 Å². The number of benzene rings is 1. The molecule has 4 rings (SSSR count). The smallest absolute Gasteiger partial charge is 0.281 e. The predicted molar refractivity (Wildman–Crippen MR) is 137 cm³/mol. The van der Waals surface area contributed by atoms with Crippen molar-refractivity contribution in [1.82, 2.24) is 14.7 Å². The predicted octanol–water partition coefficient (Wildman–Crippen LogP) is 3.78. The average Bonchev–Trinajstić information content (AvgIpc) is 3.14. The number of ether oxygens (including phenoxy) is 1. The maximum Gasteiger partial charge on any atom is 0.281 e. The summed E-state index contributed by atoms with van der Waals surface area (Å²) < 4.78 is 33.8. The van der Waals surface area contributed by atoms with Gasteiger partial charge >= 0.3 is 0 Å². The Balaban J connectivity index is 1.51. The Morgan fingerprint density at radius 2 is 1.94 bits per heavy atom. The monoisotopic (exact) mass is 504 g/mol. The maximum atomic E-state index is 13.1. The summed E-state index contributed by atoms with van der Waals surface area (Å²) in [5, 5.41) is -0.323. The minimum absolute atomic E-state index is 0.112. The molecule has 1 amide bonds. The lowest BCUT2D eigenvalue weighted by atomic mass is 9.97. The third kappa shape index (κ3) is 5.50. The van der Waals surface area contributed by atoms with Crippen molar-refractivity contribution in [2.75, 3.05) is 11.4 Å². The summed E-state index contributed by atoms with van der Waals surface area (Å²) >= 11 is 0. The minimum Gasteiger partial charge on any atom is -0.473 e. The van der Waals surface area contributed by atoms with E-state index < -0.39 is 15.9 Å². The SMILES string of the molecule is C#Cc1ccc(COc2cccc(S(=O)(=O)NC(=O)c3cccnc3N3CC(C)CC3(C)C)n2)cc1. The molecular weight excluding hydrogens is 476 g/mol. The first kappa shape index (κ1) is 25.2. The van der Waals surface area contributed by atoms with Crippen molar-refractivity contribution in [2.45, 2.75) is 44.4 Å². The number of carbonyl (C=O) groups excluding carboxylic acids is 1. The number of sulfonamides is 1. The fraction of sp³-hybridized carbons (Fsp3) is 0.296. The lowest BCUT2D eigenvalue weighted by Gasteiger charge is -2.33. The largest absolute Gasteiger partial charge is 0.473 e. The first-order chi connectivity index (χ1) is 17.1. The molecule has 3 aromatic rings. The van der Waals surface area contributed by atoms with Gasteiger partial charge in [-0.2, -0.15) is 13.4 Å². The highest BCUT2D eigenvalue weighted by Gasteiger charge is 2.39. The van der Waals surface area contributed by atoms with Gasteiger partial charge < -0.3 is 9.64 Å². The summed E-state index contributed by atoms with van der Waals surface area (Å²) in [5.41, 5.74) is 1.57. The second-order valence-corrected chi connectivity index (χ2v) is 11.1. The van der Waals surface area contributed by atoms with Crippen LogP contribution in [0.4, 0.5) is 5.82 Å². The quantitative estimate of drug-likeness (QED) is 0.489. The van der Waals surface area contributed by atoms with Gasteiger partial charge in [0.05, 0.1) is 5.56 Å². The van der Waals surface area contributed by atoms with Gasteiger partial charge in [-0.1, -0.05) is 31.0 Å². The van der Waals surface area contributed by atoms with E-state index in [4.69, 9.17) is 11.2 Å². The third-order valence-electron chi connectivity index (χ3n) is 6.07. The van der Waals surface area contributed by atoms with Crippen molar-refractivity contribution in [2.24, 2.45) is 5.92 Å². The van der Waals surface area contributed by atoms with E-state index >= 15 is 0 Å². The number of carbonyl (C=O) groups is 1. The second-order valence-electron chi connectivity index (χ2n) is 9.49. The van der Waals surface area contributed by atoms with Crippen LogP contribution in [-0.4, -0.2) is 36.4 Å². The number of nitrogens with zero attached hydrogens (tertiary/aromatic N) is 3. The zero-order valence-electron chi connectivity index (χ0n) is 20.4. The highest BCUT2D eigenvalue weighted by atomic mass is 32.2. The summed E-state index contributed by atoms with van der Waals surface area (Å²) in [6.45, 7) is 7.22. The second kappa shape index (κ2) is 9.99. The zero-order chi connectivity index (χ0) is 25.9. The van der Waals surface area contributed by atoms with Crippen molar-refractivity contribution >= 4 is 21.7 Å². The molecule has 1 aliphatic heterocycles. The summed E-state index contributed by atoms with van der Waals surface area (Å²) in [5.74, 6) is 2.77. The number of hydrogen-bond acceptors (Lipinski definition) is 7. The molecule has 1 aliphatic rings. The molecule has 0 radical (unpaired) electrons. The van der Waals surface area contributed by atoms with E-state index in [1.165, 1.54) is 12.1 Å². The Labute approximate surface area is 211 Å². The summed E-state index contributed by atoms with van der Waals surface area (Å²) in [6.07, 6.45) is 7.90. The lowest BCUT2D eigenvalue weighted by molar-refractivity contribution is 0.0981. The van der Waals surface area contributed by atoms with E-state index in [2.05, 4.69) is 46.3 Å². The van der Waals surface area contributed by atoms with Crippen LogP contribution < -0.4 is 14.4 Å². The molecule has 0 spiro atoms. The Bertz CT molecular complexity index is 1410. The van der Waals surface area contributed by atoms with Gasteiger partial charge in [-0.05, 0) is 62.1 Å². The van der Waals surface area contributed by atoms with Crippen LogP contribution >= 0.6 is 0 Å². The summed E-state index contributed by atoms with van der Waals surface area (Å²) in [7, 11) is -4.26. The number of amides is 1. The van der Waals surface area contributed by atoms with Crippen molar-refractivity contribution in [3.8, 4) is 18.2 Å². The Kier molecular flexibility index (Phi) is 7.00. The first-order valence-corrected chi connectivity index (χ1v) is 13.0. The molecule has 8 nitrogen and oxygen atoms in total. The number of pyridine rings is 2. The highest BCUT2D eigenvalue weighted by molar-refractivity contribution is 7.90. The molecule has 9 heteroatoms. The molecule has 1 unspecified atom stereocenters. The molecule has 186 valence electrons. The number of aromatic nitrogens is 2. The van der Waals surface area contributed by atoms with Crippen LogP contribution in [0, 0.1) is 18.3 Å². The van der Waals surface area contributed by atoms with Gasteiger partial charge in [0.25, 0.3) is 15.9 Å². The Hall–Kier alpha value is -3.90. The molecule has 1 atom stereocenters. The molecule has 2 aromatic heterocycles. The minimum atomic E-state index is -4.26. The number of anilines is 1. The number of nitrogens with one attached hydrogen (secondary N) is 1. The standard InChI is InChI=1S/C27H28N4O4S/c1-5-20-11-13-21(14-12-20)18-35-23-9-6-10-24(29-23)36(33,34)30-26(32)22-8-7-15-28-25(22)31-17-19(2)16-27(31,3)4/h1,6-15,19H,16-18H2,2-4H3,(H,30,32).